The van der Waals surface area contributed by atoms with E-state index in [0.29, 0.717) is 17.8 Å². The van der Waals surface area contributed by atoms with Crippen LogP contribution in [0.1, 0.15) is 24.6 Å². The first-order valence-corrected chi connectivity index (χ1v) is 5.81. The number of benzene rings is 1. The molecule has 4 nitrogen and oxygen atoms in total. The summed E-state index contributed by atoms with van der Waals surface area (Å²) < 4.78 is 39.4. The monoisotopic (exact) mass is 270 g/mol. The molecule has 2 rings (SSSR count). The number of alkyl halides is 3. The van der Waals surface area contributed by atoms with E-state index in [9.17, 15) is 13.2 Å². The second kappa shape index (κ2) is 4.91. The van der Waals surface area contributed by atoms with Gasteiger partial charge < -0.3 is 5.73 Å². The van der Waals surface area contributed by atoms with E-state index in [1.807, 2.05) is 6.92 Å². The van der Waals surface area contributed by atoms with Crippen LogP contribution in [0.3, 0.4) is 0 Å². The molecule has 19 heavy (non-hydrogen) atoms. The Morgan fingerprint density at radius 3 is 2.68 bits per heavy atom. The van der Waals surface area contributed by atoms with Gasteiger partial charge in [-0.2, -0.15) is 13.2 Å². The Balaban J connectivity index is 2.48. The highest BCUT2D eigenvalue weighted by Crippen LogP contribution is 2.30. The van der Waals surface area contributed by atoms with Crippen LogP contribution in [0, 0.1) is 0 Å². The molecule has 0 saturated carbocycles. The summed E-state index contributed by atoms with van der Waals surface area (Å²) in [4.78, 5) is 0. The smallest absolute Gasteiger partial charge is 0.381 e. The Morgan fingerprint density at radius 2 is 2.05 bits per heavy atom. The predicted octanol–water partition coefficient (Wildman–Crippen LogP) is 2.82. The summed E-state index contributed by atoms with van der Waals surface area (Å²) in [5.41, 5.74) is 5.89. The van der Waals surface area contributed by atoms with Gasteiger partial charge in [-0.3, -0.25) is 0 Å². The summed E-state index contributed by atoms with van der Waals surface area (Å²) in [6, 6.07) is 4.94. The maximum atomic E-state index is 12.7. The van der Waals surface area contributed by atoms with Crippen LogP contribution < -0.4 is 5.73 Å². The average Bonchev–Trinajstić information content (AvgIpc) is 2.71. The van der Waals surface area contributed by atoms with E-state index >= 15 is 0 Å². The molecule has 0 radical (unpaired) electrons. The van der Waals surface area contributed by atoms with Gasteiger partial charge in [-0.05, 0) is 24.6 Å². The molecular weight excluding hydrogens is 257 g/mol. The van der Waals surface area contributed by atoms with Crippen LogP contribution in [0.4, 0.5) is 19.0 Å². The zero-order valence-corrected chi connectivity index (χ0v) is 10.3. The van der Waals surface area contributed by atoms with Gasteiger partial charge in [0.2, 0.25) is 0 Å². The maximum absolute atomic E-state index is 12.7. The van der Waals surface area contributed by atoms with E-state index in [2.05, 4.69) is 10.3 Å². The lowest BCUT2D eigenvalue weighted by molar-refractivity contribution is -0.137. The molecule has 1 aromatic heterocycles. The van der Waals surface area contributed by atoms with E-state index < -0.39 is 11.7 Å². The first-order chi connectivity index (χ1) is 8.93. The van der Waals surface area contributed by atoms with Crippen LogP contribution in [0.2, 0.25) is 0 Å². The standard InChI is InChI=1S/C12H13F3N4/c1-2-4-10-11(16)17-18-19(10)9-6-3-5-8(7-9)12(13,14)15/h3,5-7H,2,4,16H2,1H3. The second-order valence-corrected chi connectivity index (χ2v) is 4.13. The van der Waals surface area contributed by atoms with Crippen molar-refractivity contribution >= 4 is 5.82 Å². The molecule has 0 bridgehead atoms. The van der Waals surface area contributed by atoms with Gasteiger partial charge >= 0.3 is 6.18 Å². The minimum atomic E-state index is -4.38. The predicted molar refractivity (Wildman–Crippen MR) is 64.8 cm³/mol. The van der Waals surface area contributed by atoms with E-state index in [1.165, 1.54) is 10.7 Å². The summed E-state index contributed by atoms with van der Waals surface area (Å²) in [7, 11) is 0. The van der Waals surface area contributed by atoms with Crippen molar-refractivity contribution in [2.24, 2.45) is 0 Å². The van der Waals surface area contributed by atoms with Crippen molar-refractivity contribution in [2.45, 2.75) is 25.9 Å². The first-order valence-electron chi connectivity index (χ1n) is 5.81. The molecule has 0 aliphatic rings. The Labute approximate surface area is 108 Å². The van der Waals surface area contributed by atoms with E-state index in [1.54, 1.807) is 6.07 Å². The molecule has 0 fully saturated rings. The van der Waals surface area contributed by atoms with Crippen molar-refractivity contribution in [2.75, 3.05) is 5.73 Å². The lowest BCUT2D eigenvalue weighted by Crippen LogP contribution is -2.08. The fraction of sp³-hybridized carbons (Fsp3) is 0.333. The number of rotatable bonds is 3. The van der Waals surface area contributed by atoms with Gasteiger partial charge in [-0.15, -0.1) is 5.10 Å². The molecule has 0 aliphatic carbocycles. The number of nitrogens with zero attached hydrogens (tertiary/aromatic N) is 3. The van der Waals surface area contributed by atoms with Crippen molar-refractivity contribution in [1.29, 1.82) is 0 Å². The van der Waals surface area contributed by atoms with Crippen LogP contribution in [0.25, 0.3) is 5.69 Å². The quantitative estimate of drug-likeness (QED) is 0.933. The summed E-state index contributed by atoms with van der Waals surface area (Å²) >= 11 is 0. The van der Waals surface area contributed by atoms with Crippen LogP contribution in [0.5, 0.6) is 0 Å². The van der Waals surface area contributed by atoms with Crippen molar-refractivity contribution in [3.8, 4) is 5.69 Å². The summed E-state index contributed by atoms with van der Waals surface area (Å²) in [6.45, 7) is 1.95. The van der Waals surface area contributed by atoms with E-state index in [-0.39, 0.29) is 5.82 Å². The van der Waals surface area contributed by atoms with Crippen molar-refractivity contribution < 1.29 is 13.2 Å². The molecule has 0 spiro atoms. The molecule has 0 amide bonds. The molecule has 0 atom stereocenters. The maximum Gasteiger partial charge on any atom is 0.416 e. The molecule has 1 aromatic carbocycles. The second-order valence-electron chi connectivity index (χ2n) is 4.13. The molecular formula is C12H13F3N4. The third kappa shape index (κ3) is 2.69. The highest BCUT2D eigenvalue weighted by molar-refractivity contribution is 5.43. The number of nitrogen functional groups attached to an aromatic ring is 1. The number of hydrogen-bond donors (Lipinski definition) is 1. The number of halogens is 3. The minimum absolute atomic E-state index is 0.249. The molecule has 0 saturated heterocycles. The van der Waals surface area contributed by atoms with Crippen LogP contribution in [-0.2, 0) is 12.6 Å². The lowest BCUT2D eigenvalue weighted by Gasteiger charge is -2.10. The normalized spacial score (nSPS) is 11.8. The summed E-state index contributed by atoms with van der Waals surface area (Å²) in [6.07, 6.45) is -2.97. The Morgan fingerprint density at radius 1 is 1.32 bits per heavy atom. The third-order valence-electron chi connectivity index (χ3n) is 2.70. The van der Waals surface area contributed by atoms with Gasteiger partial charge in [-0.25, -0.2) is 4.68 Å². The van der Waals surface area contributed by atoms with Gasteiger partial charge in [0.25, 0.3) is 0 Å². The van der Waals surface area contributed by atoms with Gasteiger partial charge in [0, 0.05) is 0 Å². The SMILES string of the molecule is CCCc1c(N)nnn1-c1cccc(C(F)(F)F)c1. The van der Waals surface area contributed by atoms with Crippen molar-refractivity contribution in [3.05, 3.63) is 35.5 Å². The number of anilines is 1. The average molecular weight is 270 g/mol. The van der Waals surface area contributed by atoms with Gasteiger partial charge in [0.15, 0.2) is 5.82 Å². The molecule has 102 valence electrons. The van der Waals surface area contributed by atoms with Gasteiger partial charge in [-0.1, -0.05) is 24.6 Å². The molecule has 0 unspecified atom stereocenters. The summed E-state index contributed by atoms with van der Waals surface area (Å²) in [5.74, 6) is 0.249. The highest BCUT2D eigenvalue weighted by Gasteiger charge is 2.30. The zero-order chi connectivity index (χ0) is 14.0. The van der Waals surface area contributed by atoms with Crippen LogP contribution in [-0.4, -0.2) is 15.0 Å². The fourth-order valence-corrected chi connectivity index (χ4v) is 1.81. The first kappa shape index (κ1) is 13.4. The topological polar surface area (TPSA) is 56.7 Å². The van der Waals surface area contributed by atoms with Gasteiger partial charge in [0.1, 0.15) is 0 Å². The van der Waals surface area contributed by atoms with Crippen LogP contribution in [0.15, 0.2) is 24.3 Å². The number of nitrogens with two attached hydrogens (primary N) is 1. The lowest BCUT2D eigenvalue weighted by atomic mass is 10.2. The van der Waals surface area contributed by atoms with E-state index in [0.717, 1.165) is 18.6 Å². The molecule has 1 heterocycles. The largest absolute Gasteiger partial charge is 0.416 e. The van der Waals surface area contributed by atoms with Crippen molar-refractivity contribution in [3.63, 3.8) is 0 Å². The fourth-order valence-electron chi connectivity index (χ4n) is 1.81. The molecule has 7 heteroatoms. The highest BCUT2D eigenvalue weighted by atomic mass is 19.4. The Bertz CT molecular complexity index is 575. The van der Waals surface area contributed by atoms with Crippen molar-refractivity contribution in [1.82, 2.24) is 15.0 Å². The van der Waals surface area contributed by atoms with E-state index in [4.69, 9.17) is 5.73 Å². The third-order valence-corrected chi connectivity index (χ3v) is 2.70. The van der Waals surface area contributed by atoms with Gasteiger partial charge in [0.05, 0.1) is 16.9 Å². The Hall–Kier alpha value is -2.05. The molecule has 2 aromatic rings. The Kier molecular flexibility index (Phi) is 3.46. The number of hydrogen-bond acceptors (Lipinski definition) is 3. The van der Waals surface area contributed by atoms with Crippen LogP contribution >= 0.6 is 0 Å². The molecule has 2 N–H and O–H groups in total. The number of aromatic nitrogens is 3. The molecule has 0 aliphatic heterocycles. The summed E-state index contributed by atoms with van der Waals surface area (Å²) in [5, 5.41) is 7.51. The minimum Gasteiger partial charge on any atom is -0.381 e. The zero-order valence-electron chi connectivity index (χ0n) is 10.3.